The van der Waals surface area contributed by atoms with E-state index < -0.39 is 0 Å². The summed E-state index contributed by atoms with van der Waals surface area (Å²) in [6, 6.07) is 0. The summed E-state index contributed by atoms with van der Waals surface area (Å²) in [6.07, 6.45) is 0. The fourth-order valence-electron chi connectivity index (χ4n) is 0.862. The van der Waals surface area contributed by atoms with E-state index in [9.17, 15) is 0 Å². The third kappa shape index (κ3) is 7.82. The summed E-state index contributed by atoms with van der Waals surface area (Å²) < 4.78 is 9.83. The average Bonchev–Trinajstić information content (AvgIpc) is 2.18. The molecule has 0 aromatic carbocycles. The van der Waals surface area contributed by atoms with Crippen LogP contribution in [0.2, 0.25) is 0 Å². The van der Waals surface area contributed by atoms with Crippen LogP contribution in [0.5, 0.6) is 0 Å². The van der Waals surface area contributed by atoms with Gasteiger partial charge in [0.05, 0.1) is 19.8 Å². The largest absolute Gasteiger partial charge is 0.383 e. The molecular formula is C9H21N3O2. The van der Waals surface area contributed by atoms with Gasteiger partial charge in [-0.25, -0.2) is 0 Å². The molecule has 0 aliphatic carbocycles. The van der Waals surface area contributed by atoms with Gasteiger partial charge in [-0.1, -0.05) is 0 Å². The lowest BCUT2D eigenvalue weighted by Crippen LogP contribution is -2.39. The first-order chi connectivity index (χ1) is 6.85. The quantitative estimate of drug-likeness (QED) is 0.343. The number of guanidine groups is 1. The minimum atomic E-state index is 0.640. The zero-order valence-electron chi connectivity index (χ0n) is 9.30. The van der Waals surface area contributed by atoms with Crippen molar-refractivity contribution >= 4 is 5.96 Å². The Bertz CT molecular complexity index is 151. The molecule has 0 fully saturated rings. The summed E-state index contributed by atoms with van der Waals surface area (Å²) in [5.74, 6) is 0.807. The number of methoxy groups -OCH3 is 2. The van der Waals surface area contributed by atoms with E-state index in [2.05, 4.69) is 15.6 Å². The smallest absolute Gasteiger partial charge is 0.191 e. The molecule has 14 heavy (non-hydrogen) atoms. The minimum Gasteiger partial charge on any atom is -0.383 e. The van der Waals surface area contributed by atoms with Crippen LogP contribution < -0.4 is 10.6 Å². The van der Waals surface area contributed by atoms with Crippen molar-refractivity contribution in [3.8, 4) is 0 Å². The molecule has 0 saturated heterocycles. The molecule has 84 valence electrons. The molecular weight excluding hydrogens is 182 g/mol. The number of ether oxygens (including phenoxy) is 2. The van der Waals surface area contributed by atoms with Gasteiger partial charge >= 0.3 is 0 Å². The molecule has 0 amide bonds. The second-order valence-corrected chi connectivity index (χ2v) is 2.67. The topological polar surface area (TPSA) is 54.9 Å². The van der Waals surface area contributed by atoms with E-state index in [1.807, 2.05) is 6.92 Å². The summed E-state index contributed by atoms with van der Waals surface area (Å²) in [7, 11) is 3.34. The lowest BCUT2D eigenvalue weighted by atomic mass is 10.6. The normalized spacial score (nSPS) is 11.5. The first-order valence-corrected chi connectivity index (χ1v) is 4.85. The van der Waals surface area contributed by atoms with Crippen LogP contribution in [-0.2, 0) is 9.47 Å². The molecule has 0 saturated carbocycles. The highest BCUT2D eigenvalue weighted by atomic mass is 16.5. The Balaban J connectivity index is 3.69. The van der Waals surface area contributed by atoms with Gasteiger partial charge in [-0.15, -0.1) is 0 Å². The molecule has 0 bridgehead atoms. The maximum Gasteiger partial charge on any atom is 0.191 e. The van der Waals surface area contributed by atoms with Crippen molar-refractivity contribution in [3.63, 3.8) is 0 Å². The van der Waals surface area contributed by atoms with Gasteiger partial charge in [0.1, 0.15) is 0 Å². The van der Waals surface area contributed by atoms with Crippen LogP contribution in [0.25, 0.3) is 0 Å². The van der Waals surface area contributed by atoms with E-state index in [1.54, 1.807) is 14.2 Å². The highest BCUT2D eigenvalue weighted by Gasteiger charge is 1.94. The van der Waals surface area contributed by atoms with Crippen molar-refractivity contribution < 1.29 is 9.47 Å². The SMILES string of the molecule is CCNC(=NCCOC)NCCOC. The Kier molecular flexibility index (Phi) is 9.68. The van der Waals surface area contributed by atoms with E-state index >= 15 is 0 Å². The predicted octanol–water partition coefficient (Wildman–Crippen LogP) is -0.166. The Labute approximate surface area is 85.9 Å². The van der Waals surface area contributed by atoms with E-state index in [4.69, 9.17) is 9.47 Å². The van der Waals surface area contributed by atoms with Gasteiger partial charge in [0.25, 0.3) is 0 Å². The number of nitrogens with zero attached hydrogens (tertiary/aromatic N) is 1. The van der Waals surface area contributed by atoms with Gasteiger partial charge in [-0.3, -0.25) is 4.99 Å². The zero-order valence-corrected chi connectivity index (χ0v) is 9.30. The zero-order chi connectivity index (χ0) is 10.6. The summed E-state index contributed by atoms with van der Waals surface area (Å²) >= 11 is 0. The van der Waals surface area contributed by atoms with Crippen molar-refractivity contribution in [2.24, 2.45) is 4.99 Å². The molecule has 2 N–H and O–H groups in total. The van der Waals surface area contributed by atoms with Crippen LogP contribution in [0.1, 0.15) is 6.92 Å². The monoisotopic (exact) mass is 203 g/mol. The Morgan fingerprint density at radius 3 is 2.43 bits per heavy atom. The van der Waals surface area contributed by atoms with Crippen molar-refractivity contribution in [2.45, 2.75) is 6.92 Å². The van der Waals surface area contributed by atoms with Crippen LogP contribution in [0.3, 0.4) is 0 Å². The molecule has 0 atom stereocenters. The van der Waals surface area contributed by atoms with Crippen molar-refractivity contribution in [1.29, 1.82) is 0 Å². The van der Waals surface area contributed by atoms with Gasteiger partial charge in [0.2, 0.25) is 0 Å². The third-order valence-electron chi connectivity index (χ3n) is 1.51. The van der Waals surface area contributed by atoms with Gasteiger partial charge in [-0.05, 0) is 6.92 Å². The Morgan fingerprint density at radius 2 is 1.86 bits per heavy atom. The summed E-state index contributed by atoms with van der Waals surface area (Å²) in [5.41, 5.74) is 0. The fraction of sp³-hybridized carbons (Fsp3) is 0.889. The van der Waals surface area contributed by atoms with Crippen molar-refractivity contribution in [2.75, 3.05) is 47.1 Å². The lowest BCUT2D eigenvalue weighted by Gasteiger charge is -2.10. The molecule has 0 aromatic rings. The van der Waals surface area contributed by atoms with Gasteiger partial charge in [0, 0.05) is 27.3 Å². The molecule has 5 heteroatoms. The summed E-state index contributed by atoms with van der Waals surface area (Å²) in [5, 5.41) is 6.27. The van der Waals surface area contributed by atoms with Crippen molar-refractivity contribution in [3.05, 3.63) is 0 Å². The first-order valence-electron chi connectivity index (χ1n) is 4.85. The Hall–Kier alpha value is -0.810. The highest BCUT2D eigenvalue weighted by molar-refractivity contribution is 5.79. The van der Waals surface area contributed by atoms with Gasteiger partial charge in [0.15, 0.2) is 5.96 Å². The van der Waals surface area contributed by atoms with Crippen LogP contribution in [0.15, 0.2) is 4.99 Å². The van der Waals surface area contributed by atoms with E-state index in [-0.39, 0.29) is 0 Å². The minimum absolute atomic E-state index is 0.640. The van der Waals surface area contributed by atoms with Crippen LogP contribution >= 0.6 is 0 Å². The third-order valence-corrected chi connectivity index (χ3v) is 1.51. The van der Waals surface area contributed by atoms with Gasteiger partial charge < -0.3 is 20.1 Å². The molecule has 0 heterocycles. The molecule has 0 radical (unpaired) electrons. The number of hydrogen-bond acceptors (Lipinski definition) is 3. The molecule has 0 spiro atoms. The fourth-order valence-corrected chi connectivity index (χ4v) is 0.862. The Morgan fingerprint density at radius 1 is 1.14 bits per heavy atom. The van der Waals surface area contributed by atoms with Crippen molar-refractivity contribution in [1.82, 2.24) is 10.6 Å². The maximum absolute atomic E-state index is 4.93. The average molecular weight is 203 g/mol. The molecule has 0 aliphatic heterocycles. The maximum atomic E-state index is 4.93. The van der Waals surface area contributed by atoms with E-state index in [1.165, 1.54) is 0 Å². The second kappa shape index (κ2) is 10.3. The first kappa shape index (κ1) is 13.2. The number of rotatable bonds is 7. The van der Waals surface area contributed by atoms with Gasteiger partial charge in [-0.2, -0.15) is 0 Å². The second-order valence-electron chi connectivity index (χ2n) is 2.67. The lowest BCUT2D eigenvalue weighted by molar-refractivity contribution is 0.203. The predicted molar refractivity (Wildman–Crippen MR) is 57.7 cm³/mol. The molecule has 0 aliphatic rings. The highest BCUT2D eigenvalue weighted by Crippen LogP contribution is 1.75. The molecule has 0 unspecified atom stereocenters. The van der Waals surface area contributed by atoms with Crippen LogP contribution in [0, 0.1) is 0 Å². The van der Waals surface area contributed by atoms with Crippen LogP contribution in [0.4, 0.5) is 0 Å². The van der Waals surface area contributed by atoms with E-state index in [0.29, 0.717) is 19.8 Å². The molecule has 0 aromatic heterocycles. The molecule has 0 rings (SSSR count). The number of aliphatic imine (C=N–C) groups is 1. The summed E-state index contributed by atoms with van der Waals surface area (Å²) in [6.45, 7) is 5.62. The number of hydrogen-bond donors (Lipinski definition) is 2. The standard InChI is InChI=1S/C9H21N3O2/c1-4-10-9(11-5-7-13-2)12-6-8-14-3/h4-8H2,1-3H3,(H2,10,11,12). The number of nitrogens with one attached hydrogen (secondary N) is 2. The summed E-state index contributed by atoms with van der Waals surface area (Å²) in [4.78, 5) is 4.29. The van der Waals surface area contributed by atoms with Crippen LogP contribution in [-0.4, -0.2) is 53.0 Å². The molecule has 5 nitrogen and oxygen atoms in total. The van der Waals surface area contributed by atoms with E-state index in [0.717, 1.165) is 19.0 Å².